The summed E-state index contributed by atoms with van der Waals surface area (Å²) in [6.07, 6.45) is 3.68. The maximum absolute atomic E-state index is 12.5. The first-order valence-corrected chi connectivity index (χ1v) is 10.5. The van der Waals surface area contributed by atoms with Crippen LogP contribution in [-0.4, -0.2) is 34.2 Å². The lowest BCUT2D eigenvalue weighted by atomic mass is 9.81. The highest BCUT2D eigenvalue weighted by molar-refractivity contribution is 7.16. The summed E-state index contributed by atoms with van der Waals surface area (Å²) in [6, 6.07) is 9.82. The van der Waals surface area contributed by atoms with Crippen LogP contribution < -0.4 is 5.32 Å². The molecule has 2 atom stereocenters. The Morgan fingerprint density at radius 2 is 1.79 bits per heavy atom. The van der Waals surface area contributed by atoms with E-state index in [1.165, 1.54) is 16.2 Å². The summed E-state index contributed by atoms with van der Waals surface area (Å²) in [6.45, 7) is 2.12. The molecule has 2 aromatic rings. The monoisotopic (exact) mass is 397 g/mol. The van der Waals surface area contributed by atoms with Gasteiger partial charge in [0, 0.05) is 23.4 Å². The van der Waals surface area contributed by atoms with Gasteiger partial charge in [-0.3, -0.25) is 19.3 Å². The van der Waals surface area contributed by atoms with E-state index in [1.807, 2.05) is 37.3 Å². The third-order valence-corrected chi connectivity index (χ3v) is 6.47. The molecule has 1 saturated heterocycles. The number of likely N-dealkylation sites (tertiary alicyclic amines) is 1. The van der Waals surface area contributed by atoms with E-state index in [0.717, 1.165) is 41.8 Å². The Bertz CT molecular complexity index is 885. The minimum Gasteiger partial charge on any atom is -0.302 e. The van der Waals surface area contributed by atoms with Crippen LogP contribution in [0.15, 0.2) is 30.3 Å². The Balaban J connectivity index is 1.36. The van der Waals surface area contributed by atoms with Gasteiger partial charge in [-0.1, -0.05) is 43.2 Å². The van der Waals surface area contributed by atoms with Crippen molar-refractivity contribution in [3.05, 3.63) is 35.2 Å². The van der Waals surface area contributed by atoms with Crippen molar-refractivity contribution in [3.8, 4) is 11.3 Å². The van der Waals surface area contributed by atoms with Gasteiger partial charge in [-0.15, -0.1) is 11.3 Å². The molecule has 1 aromatic carbocycles. The molecule has 1 N–H and O–H groups in total. The minimum atomic E-state index is -0.233. The van der Waals surface area contributed by atoms with E-state index in [2.05, 4.69) is 10.3 Å². The molecule has 2 fully saturated rings. The highest BCUT2D eigenvalue weighted by atomic mass is 32.1. The summed E-state index contributed by atoms with van der Waals surface area (Å²) >= 11 is 1.42. The van der Waals surface area contributed by atoms with Crippen LogP contribution in [-0.2, 0) is 14.4 Å². The summed E-state index contributed by atoms with van der Waals surface area (Å²) in [7, 11) is 0. The summed E-state index contributed by atoms with van der Waals surface area (Å²) in [5, 5.41) is 3.34. The number of carbonyl (C=O) groups is 3. The molecule has 146 valence electrons. The maximum atomic E-state index is 12.5. The van der Waals surface area contributed by atoms with Gasteiger partial charge in [0.2, 0.25) is 17.7 Å². The summed E-state index contributed by atoms with van der Waals surface area (Å²) in [5.41, 5.74) is 1.86. The molecule has 6 nitrogen and oxygen atoms in total. The van der Waals surface area contributed by atoms with Gasteiger partial charge in [-0.05, 0) is 19.8 Å². The van der Waals surface area contributed by atoms with E-state index in [0.29, 0.717) is 5.13 Å². The van der Waals surface area contributed by atoms with Crippen molar-refractivity contribution in [1.82, 2.24) is 9.88 Å². The number of aryl methyl sites for hydroxylation is 1. The van der Waals surface area contributed by atoms with Crippen LogP contribution in [0, 0.1) is 18.8 Å². The van der Waals surface area contributed by atoms with Gasteiger partial charge in [-0.2, -0.15) is 0 Å². The van der Waals surface area contributed by atoms with E-state index >= 15 is 0 Å². The quantitative estimate of drug-likeness (QED) is 0.782. The first kappa shape index (κ1) is 18.8. The third-order valence-electron chi connectivity index (χ3n) is 5.59. The molecular weight excluding hydrogens is 374 g/mol. The van der Waals surface area contributed by atoms with Gasteiger partial charge in [-0.25, -0.2) is 4.98 Å². The van der Waals surface area contributed by atoms with Crippen LogP contribution >= 0.6 is 11.3 Å². The molecule has 1 aromatic heterocycles. The number of nitrogens with one attached hydrogen (secondary N) is 1. The van der Waals surface area contributed by atoms with Crippen LogP contribution in [0.25, 0.3) is 11.3 Å². The van der Waals surface area contributed by atoms with Crippen LogP contribution in [0.5, 0.6) is 0 Å². The van der Waals surface area contributed by atoms with Crippen LogP contribution in [0.2, 0.25) is 0 Å². The van der Waals surface area contributed by atoms with Crippen molar-refractivity contribution in [2.75, 3.05) is 11.9 Å². The zero-order chi connectivity index (χ0) is 19.7. The molecule has 28 heavy (non-hydrogen) atoms. The van der Waals surface area contributed by atoms with Crippen molar-refractivity contribution in [2.24, 2.45) is 11.8 Å². The Labute approximate surface area is 168 Å². The smallest absolute Gasteiger partial charge is 0.233 e. The van der Waals surface area contributed by atoms with Gasteiger partial charge in [0.1, 0.15) is 0 Å². The Morgan fingerprint density at radius 3 is 2.43 bits per heavy atom. The molecule has 0 spiro atoms. The zero-order valence-corrected chi connectivity index (χ0v) is 16.6. The number of thiazole rings is 1. The van der Waals surface area contributed by atoms with E-state index in [1.54, 1.807) is 0 Å². The summed E-state index contributed by atoms with van der Waals surface area (Å²) < 4.78 is 0. The number of benzene rings is 1. The van der Waals surface area contributed by atoms with E-state index < -0.39 is 0 Å². The topological polar surface area (TPSA) is 79.4 Å². The highest BCUT2D eigenvalue weighted by Crippen LogP contribution is 2.38. The molecule has 1 saturated carbocycles. The summed E-state index contributed by atoms with van der Waals surface area (Å²) in [4.78, 5) is 44.2. The standard InChI is InChI=1S/C21H23N3O3S/c1-13-18(14-7-3-2-4-8-14)23-21(28-13)22-17(25)11-12-24-19(26)15-9-5-6-10-16(15)20(24)27/h2-4,7-8,15-16H,5-6,9-12H2,1H3,(H,22,23,25)/t15-,16+. The van der Waals surface area contributed by atoms with E-state index in [4.69, 9.17) is 0 Å². The van der Waals surface area contributed by atoms with Crippen LogP contribution in [0.1, 0.15) is 37.0 Å². The SMILES string of the molecule is Cc1sc(NC(=O)CCN2C(=O)[C@H]3CCCC[C@H]3C2=O)nc1-c1ccccc1. The number of anilines is 1. The molecule has 1 aliphatic heterocycles. The Morgan fingerprint density at radius 1 is 1.14 bits per heavy atom. The molecule has 4 rings (SSSR count). The molecule has 0 unspecified atom stereocenters. The van der Waals surface area contributed by atoms with Gasteiger partial charge >= 0.3 is 0 Å². The molecule has 2 aliphatic rings. The average molecular weight is 398 g/mol. The number of nitrogens with zero attached hydrogens (tertiary/aromatic N) is 2. The molecule has 0 radical (unpaired) electrons. The first-order valence-electron chi connectivity index (χ1n) is 9.72. The third kappa shape index (κ3) is 3.58. The number of carbonyl (C=O) groups excluding carboxylic acids is 3. The van der Waals surface area contributed by atoms with Crippen molar-refractivity contribution < 1.29 is 14.4 Å². The minimum absolute atomic E-state index is 0.0935. The second kappa shape index (κ2) is 7.83. The number of amides is 3. The van der Waals surface area contributed by atoms with Crippen LogP contribution in [0.3, 0.4) is 0 Å². The predicted molar refractivity (Wildman–Crippen MR) is 108 cm³/mol. The lowest BCUT2D eigenvalue weighted by Gasteiger charge is -2.19. The van der Waals surface area contributed by atoms with Gasteiger partial charge in [0.05, 0.1) is 17.5 Å². The normalized spacial score (nSPS) is 21.7. The fourth-order valence-corrected chi connectivity index (χ4v) is 5.01. The Hall–Kier alpha value is -2.54. The van der Waals surface area contributed by atoms with Crippen molar-refractivity contribution in [1.29, 1.82) is 0 Å². The van der Waals surface area contributed by atoms with Crippen LogP contribution in [0.4, 0.5) is 5.13 Å². The number of fused-ring (bicyclic) bond motifs is 1. The highest BCUT2D eigenvalue weighted by Gasteiger charge is 2.47. The Kier molecular flexibility index (Phi) is 5.26. The second-order valence-corrected chi connectivity index (χ2v) is 8.62. The molecular formula is C21H23N3O3S. The van der Waals surface area contributed by atoms with Crippen molar-refractivity contribution in [2.45, 2.75) is 39.0 Å². The lowest BCUT2D eigenvalue weighted by Crippen LogP contribution is -2.34. The number of imide groups is 1. The molecule has 7 heteroatoms. The zero-order valence-electron chi connectivity index (χ0n) is 15.8. The second-order valence-electron chi connectivity index (χ2n) is 7.41. The number of hydrogen-bond acceptors (Lipinski definition) is 5. The van der Waals surface area contributed by atoms with Crippen molar-refractivity contribution >= 4 is 34.2 Å². The predicted octanol–water partition coefficient (Wildman–Crippen LogP) is 3.62. The van der Waals surface area contributed by atoms with Gasteiger partial charge in [0.15, 0.2) is 5.13 Å². The average Bonchev–Trinajstić information content (AvgIpc) is 3.19. The van der Waals surface area contributed by atoms with Crippen molar-refractivity contribution in [3.63, 3.8) is 0 Å². The summed E-state index contributed by atoms with van der Waals surface area (Å²) in [5.74, 6) is -0.763. The molecule has 1 aliphatic carbocycles. The molecule has 2 heterocycles. The molecule has 3 amide bonds. The maximum Gasteiger partial charge on any atom is 0.233 e. The molecule has 0 bridgehead atoms. The lowest BCUT2D eigenvalue weighted by molar-refractivity contribution is -0.140. The fourth-order valence-electron chi connectivity index (χ4n) is 4.16. The van der Waals surface area contributed by atoms with Gasteiger partial charge < -0.3 is 5.32 Å². The van der Waals surface area contributed by atoms with E-state index in [-0.39, 0.29) is 42.5 Å². The van der Waals surface area contributed by atoms with Gasteiger partial charge in [0.25, 0.3) is 0 Å². The van der Waals surface area contributed by atoms with E-state index in [9.17, 15) is 14.4 Å². The first-order chi connectivity index (χ1) is 13.5. The number of rotatable bonds is 5. The largest absolute Gasteiger partial charge is 0.302 e. The fraction of sp³-hybridized carbons (Fsp3) is 0.429. The number of hydrogen-bond donors (Lipinski definition) is 1. The number of aromatic nitrogens is 1.